The summed E-state index contributed by atoms with van der Waals surface area (Å²) in [5, 5.41) is 3.13. The maximum Gasteiger partial charge on any atom is 0.251 e. The lowest BCUT2D eigenvalue weighted by molar-refractivity contribution is 0.0919. The zero-order chi connectivity index (χ0) is 18.9. The summed E-state index contributed by atoms with van der Waals surface area (Å²) >= 11 is 0. The predicted octanol–water partition coefficient (Wildman–Crippen LogP) is 2.77. The molecule has 1 unspecified atom stereocenters. The van der Waals surface area contributed by atoms with E-state index in [4.69, 9.17) is 4.98 Å². The zero-order valence-corrected chi connectivity index (χ0v) is 15.3. The van der Waals surface area contributed by atoms with Gasteiger partial charge >= 0.3 is 0 Å². The smallest absolute Gasteiger partial charge is 0.251 e. The van der Waals surface area contributed by atoms with Crippen LogP contribution in [0.1, 0.15) is 47.9 Å². The van der Waals surface area contributed by atoms with Crippen molar-refractivity contribution in [2.24, 2.45) is 5.41 Å². The summed E-state index contributed by atoms with van der Waals surface area (Å²) in [5.74, 6) is 0.433. The van der Waals surface area contributed by atoms with Crippen LogP contribution in [-0.2, 0) is 6.42 Å². The number of hydrogen-bond acceptors (Lipinski definition) is 6. The SMILES string of the molecule is CC1(C)Cc2nc(-c3cnccn3)ncc2C(NC(=O)c2ccncc2)C1. The molecule has 1 aliphatic carbocycles. The van der Waals surface area contributed by atoms with E-state index in [0.29, 0.717) is 17.1 Å². The largest absolute Gasteiger partial charge is 0.345 e. The maximum absolute atomic E-state index is 12.6. The molecular weight excluding hydrogens is 340 g/mol. The van der Waals surface area contributed by atoms with Crippen LogP contribution in [0.25, 0.3) is 11.5 Å². The van der Waals surface area contributed by atoms with Gasteiger partial charge in [-0.05, 0) is 30.4 Å². The molecule has 3 heterocycles. The van der Waals surface area contributed by atoms with Crippen LogP contribution >= 0.6 is 0 Å². The van der Waals surface area contributed by atoms with Gasteiger partial charge in [-0.3, -0.25) is 14.8 Å². The predicted molar refractivity (Wildman–Crippen MR) is 99.6 cm³/mol. The third-order valence-corrected chi connectivity index (χ3v) is 4.72. The normalized spacial score (nSPS) is 17.8. The second-order valence-corrected chi connectivity index (χ2v) is 7.49. The molecular formula is C20H20N6O. The Kier molecular flexibility index (Phi) is 4.35. The second-order valence-electron chi connectivity index (χ2n) is 7.49. The number of aromatic nitrogens is 5. The summed E-state index contributed by atoms with van der Waals surface area (Å²) in [5.41, 5.74) is 3.15. The van der Waals surface area contributed by atoms with Gasteiger partial charge in [0.1, 0.15) is 5.69 Å². The Morgan fingerprint density at radius 1 is 1.07 bits per heavy atom. The van der Waals surface area contributed by atoms with Crippen molar-refractivity contribution in [3.63, 3.8) is 0 Å². The maximum atomic E-state index is 12.6. The van der Waals surface area contributed by atoms with Gasteiger partial charge in [-0.25, -0.2) is 15.0 Å². The van der Waals surface area contributed by atoms with Crippen LogP contribution in [0.3, 0.4) is 0 Å². The van der Waals surface area contributed by atoms with Crippen molar-refractivity contribution in [2.45, 2.75) is 32.7 Å². The molecule has 1 atom stereocenters. The van der Waals surface area contributed by atoms with Crippen LogP contribution < -0.4 is 5.32 Å². The molecule has 3 aromatic heterocycles. The third kappa shape index (κ3) is 3.67. The summed E-state index contributed by atoms with van der Waals surface area (Å²) in [4.78, 5) is 34.1. The number of carbonyl (C=O) groups is 1. The number of hydrogen-bond donors (Lipinski definition) is 1. The lowest BCUT2D eigenvalue weighted by Gasteiger charge is -2.36. The minimum absolute atomic E-state index is 0.0111. The molecule has 0 bridgehead atoms. The highest BCUT2D eigenvalue weighted by molar-refractivity contribution is 5.94. The minimum atomic E-state index is -0.139. The second kappa shape index (κ2) is 6.83. The van der Waals surface area contributed by atoms with E-state index in [1.807, 2.05) is 0 Å². The summed E-state index contributed by atoms with van der Waals surface area (Å²) < 4.78 is 0. The van der Waals surface area contributed by atoms with Crippen LogP contribution in [0.2, 0.25) is 0 Å². The fourth-order valence-electron chi connectivity index (χ4n) is 3.46. The molecule has 7 nitrogen and oxygen atoms in total. The summed E-state index contributed by atoms with van der Waals surface area (Å²) in [6, 6.07) is 3.27. The van der Waals surface area contributed by atoms with Gasteiger partial charge in [-0.1, -0.05) is 13.8 Å². The van der Waals surface area contributed by atoms with Gasteiger partial charge in [-0.2, -0.15) is 0 Å². The third-order valence-electron chi connectivity index (χ3n) is 4.72. The van der Waals surface area contributed by atoms with Crippen LogP contribution in [0.5, 0.6) is 0 Å². The van der Waals surface area contributed by atoms with Gasteiger partial charge in [0.25, 0.3) is 5.91 Å². The molecule has 0 radical (unpaired) electrons. The van der Waals surface area contributed by atoms with Crippen molar-refractivity contribution < 1.29 is 4.79 Å². The molecule has 4 rings (SSSR count). The number of pyridine rings is 1. The molecule has 1 aliphatic rings. The first-order chi connectivity index (χ1) is 13.0. The van der Waals surface area contributed by atoms with Gasteiger partial charge in [0.05, 0.1) is 17.9 Å². The Morgan fingerprint density at radius 2 is 1.89 bits per heavy atom. The van der Waals surface area contributed by atoms with Crippen molar-refractivity contribution >= 4 is 5.91 Å². The van der Waals surface area contributed by atoms with E-state index in [2.05, 4.69) is 39.1 Å². The van der Waals surface area contributed by atoms with Crippen LogP contribution in [0.15, 0.2) is 49.3 Å². The fraction of sp³-hybridized carbons (Fsp3) is 0.300. The van der Waals surface area contributed by atoms with Gasteiger partial charge in [0.2, 0.25) is 0 Å². The van der Waals surface area contributed by atoms with Gasteiger partial charge < -0.3 is 5.32 Å². The lowest BCUT2D eigenvalue weighted by atomic mass is 9.74. The van der Waals surface area contributed by atoms with Crippen molar-refractivity contribution in [1.82, 2.24) is 30.2 Å². The highest BCUT2D eigenvalue weighted by atomic mass is 16.1. The Hall–Kier alpha value is -3.22. The first-order valence-electron chi connectivity index (χ1n) is 8.85. The summed E-state index contributed by atoms with van der Waals surface area (Å²) in [6.45, 7) is 4.37. The Morgan fingerprint density at radius 3 is 2.63 bits per heavy atom. The molecule has 1 amide bonds. The molecule has 0 saturated carbocycles. The monoisotopic (exact) mass is 360 g/mol. The Labute approximate surface area is 157 Å². The number of nitrogens with zero attached hydrogens (tertiary/aromatic N) is 5. The van der Waals surface area contributed by atoms with E-state index < -0.39 is 0 Å². The molecule has 3 aromatic rings. The molecule has 0 aliphatic heterocycles. The van der Waals surface area contributed by atoms with E-state index in [-0.39, 0.29) is 17.4 Å². The lowest BCUT2D eigenvalue weighted by Crippen LogP contribution is -2.37. The Bertz CT molecular complexity index is 959. The topological polar surface area (TPSA) is 93.5 Å². The molecule has 0 saturated heterocycles. The molecule has 7 heteroatoms. The first-order valence-corrected chi connectivity index (χ1v) is 8.85. The molecule has 136 valence electrons. The molecule has 1 N–H and O–H groups in total. The standard InChI is InChI=1S/C20H20N6O/c1-20(2)9-15-14(11-24-18(25-15)17-12-22-7-8-23-17)16(10-20)26-19(27)13-3-5-21-6-4-13/h3-8,11-12,16H,9-10H2,1-2H3,(H,26,27). The fourth-order valence-corrected chi connectivity index (χ4v) is 3.46. The Balaban J connectivity index is 1.66. The molecule has 0 spiro atoms. The summed E-state index contributed by atoms with van der Waals surface area (Å²) in [7, 11) is 0. The van der Waals surface area contributed by atoms with Crippen LogP contribution in [-0.4, -0.2) is 30.8 Å². The number of carbonyl (C=O) groups excluding carboxylic acids is 1. The first kappa shape index (κ1) is 17.2. The van der Waals surface area contributed by atoms with Gasteiger partial charge in [0.15, 0.2) is 5.82 Å². The number of fused-ring (bicyclic) bond motifs is 1. The van der Waals surface area contributed by atoms with Crippen LogP contribution in [0, 0.1) is 5.41 Å². The van der Waals surface area contributed by atoms with Crippen molar-refractivity contribution in [3.05, 3.63) is 66.1 Å². The van der Waals surface area contributed by atoms with Crippen molar-refractivity contribution in [1.29, 1.82) is 0 Å². The summed E-state index contributed by atoms with van der Waals surface area (Å²) in [6.07, 6.45) is 11.6. The number of rotatable bonds is 3. The van der Waals surface area contributed by atoms with E-state index in [1.54, 1.807) is 49.3 Å². The van der Waals surface area contributed by atoms with Gasteiger partial charge in [0, 0.05) is 42.1 Å². The van der Waals surface area contributed by atoms with Crippen molar-refractivity contribution in [3.8, 4) is 11.5 Å². The van der Waals surface area contributed by atoms with Crippen LogP contribution in [0.4, 0.5) is 0 Å². The highest BCUT2D eigenvalue weighted by Crippen LogP contribution is 2.40. The molecule has 0 aromatic carbocycles. The van der Waals surface area contributed by atoms with E-state index >= 15 is 0 Å². The molecule has 0 fully saturated rings. The quantitative estimate of drug-likeness (QED) is 0.772. The minimum Gasteiger partial charge on any atom is -0.345 e. The van der Waals surface area contributed by atoms with E-state index in [9.17, 15) is 4.79 Å². The molecule has 27 heavy (non-hydrogen) atoms. The average molecular weight is 360 g/mol. The van der Waals surface area contributed by atoms with E-state index in [0.717, 1.165) is 24.1 Å². The van der Waals surface area contributed by atoms with Gasteiger partial charge in [-0.15, -0.1) is 0 Å². The van der Waals surface area contributed by atoms with Crippen molar-refractivity contribution in [2.75, 3.05) is 0 Å². The number of amides is 1. The highest BCUT2D eigenvalue weighted by Gasteiger charge is 2.34. The van der Waals surface area contributed by atoms with E-state index in [1.165, 1.54) is 0 Å². The number of nitrogens with one attached hydrogen (secondary N) is 1. The average Bonchev–Trinajstić information content (AvgIpc) is 2.68. The zero-order valence-electron chi connectivity index (χ0n) is 15.3.